The van der Waals surface area contributed by atoms with Crippen molar-refractivity contribution in [2.75, 3.05) is 20.2 Å². The van der Waals surface area contributed by atoms with Gasteiger partial charge in [0.2, 0.25) is 0 Å². The fourth-order valence-electron chi connectivity index (χ4n) is 2.55. The van der Waals surface area contributed by atoms with Crippen LogP contribution in [-0.2, 0) is 11.3 Å². The number of rotatable bonds is 3. The number of fused-ring (bicyclic) bond motifs is 1. The van der Waals surface area contributed by atoms with E-state index in [-0.39, 0.29) is 18.2 Å². The van der Waals surface area contributed by atoms with Crippen molar-refractivity contribution in [1.82, 2.24) is 10.2 Å². The van der Waals surface area contributed by atoms with Gasteiger partial charge < -0.3 is 14.8 Å². The van der Waals surface area contributed by atoms with Crippen molar-refractivity contribution in [1.29, 1.82) is 0 Å². The maximum Gasteiger partial charge on any atom is 0.407 e. The summed E-state index contributed by atoms with van der Waals surface area (Å²) in [6, 6.07) is 8.20. The molecule has 2 atom stereocenters. The molecule has 0 aliphatic carbocycles. The van der Waals surface area contributed by atoms with E-state index in [1.54, 1.807) is 7.11 Å². The molecule has 2 saturated heterocycles. The molecule has 0 unspecified atom stereocenters. The number of ether oxygens (including phenoxy) is 2. The lowest BCUT2D eigenvalue weighted by molar-refractivity contribution is 0.130. The third kappa shape index (κ3) is 2.13. The number of alkyl carbamates (subject to hydrolysis) is 1. The van der Waals surface area contributed by atoms with Crippen LogP contribution in [0, 0.1) is 0 Å². The predicted octanol–water partition coefficient (Wildman–Crippen LogP) is 0.988. The summed E-state index contributed by atoms with van der Waals surface area (Å²) in [5.74, 6) is 0.868. The van der Waals surface area contributed by atoms with Crippen molar-refractivity contribution in [2.24, 2.45) is 0 Å². The van der Waals surface area contributed by atoms with E-state index in [0.717, 1.165) is 25.4 Å². The minimum atomic E-state index is -0.283. The molecule has 0 bridgehead atoms. The molecule has 0 spiro atoms. The molecular weight excluding hydrogens is 232 g/mol. The molecule has 1 aromatic carbocycles. The van der Waals surface area contributed by atoms with Crippen LogP contribution in [0.5, 0.6) is 5.75 Å². The molecule has 5 nitrogen and oxygen atoms in total. The summed E-state index contributed by atoms with van der Waals surface area (Å²) in [4.78, 5) is 13.3. The van der Waals surface area contributed by atoms with Crippen LogP contribution in [0.4, 0.5) is 4.79 Å². The molecule has 2 aliphatic rings. The first-order valence-electron chi connectivity index (χ1n) is 6.07. The van der Waals surface area contributed by atoms with Crippen molar-refractivity contribution in [3.63, 3.8) is 0 Å². The predicted molar refractivity (Wildman–Crippen MR) is 65.5 cm³/mol. The molecule has 0 radical (unpaired) electrons. The van der Waals surface area contributed by atoms with Crippen molar-refractivity contribution >= 4 is 6.09 Å². The van der Waals surface area contributed by atoms with Gasteiger partial charge in [-0.05, 0) is 17.7 Å². The highest BCUT2D eigenvalue weighted by molar-refractivity contribution is 5.70. The van der Waals surface area contributed by atoms with Crippen LogP contribution in [0.1, 0.15) is 5.56 Å². The maximum atomic E-state index is 11.0. The first kappa shape index (κ1) is 11.3. The van der Waals surface area contributed by atoms with Crippen LogP contribution in [0.2, 0.25) is 0 Å². The number of nitrogens with zero attached hydrogens (tertiary/aromatic N) is 1. The summed E-state index contributed by atoms with van der Waals surface area (Å²) in [6.07, 6.45) is -0.273. The molecule has 2 fully saturated rings. The molecule has 96 valence electrons. The lowest BCUT2D eigenvalue weighted by Crippen LogP contribution is -2.32. The Balaban J connectivity index is 1.59. The van der Waals surface area contributed by atoms with E-state index >= 15 is 0 Å². The molecule has 0 aromatic heterocycles. The number of amides is 1. The van der Waals surface area contributed by atoms with Crippen molar-refractivity contribution < 1.29 is 14.3 Å². The van der Waals surface area contributed by atoms with Crippen LogP contribution in [0.15, 0.2) is 24.3 Å². The maximum absolute atomic E-state index is 11.0. The zero-order chi connectivity index (χ0) is 12.5. The lowest BCUT2D eigenvalue weighted by Gasteiger charge is -2.16. The molecule has 2 heterocycles. The average Bonchev–Trinajstić information content (AvgIpc) is 2.86. The van der Waals surface area contributed by atoms with Gasteiger partial charge in [0.05, 0.1) is 13.2 Å². The molecule has 0 saturated carbocycles. The second-order valence-electron chi connectivity index (χ2n) is 4.74. The van der Waals surface area contributed by atoms with Gasteiger partial charge in [0.25, 0.3) is 0 Å². The summed E-state index contributed by atoms with van der Waals surface area (Å²) in [6.45, 7) is 2.52. The topological polar surface area (TPSA) is 50.8 Å². The summed E-state index contributed by atoms with van der Waals surface area (Å²) >= 11 is 0. The third-order valence-electron chi connectivity index (χ3n) is 3.47. The molecule has 1 aromatic rings. The first-order chi connectivity index (χ1) is 8.74. The Morgan fingerprint density at radius 1 is 1.39 bits per heavy atom. The Labute approximate surface area is 106 Å². The largest absolute Gasteiger partial charge is 0.497 e. The van der Waals surface area contributed by atoms with Gasteiger partial charge in [0.15, 0.2) is 0 Å². The van der Waals surface area contributed by atoms with Crippen LogP contribution in [0.3, 0.4) is 0 Å². The normalized spacial score (nSPS) is 26.6. The second kappa shape index (κ2) is 4.49. The Morgan fingerprint density at radius 2 is 2.17 bits per heavy atom. The Hall–Kier alpha value is -1.75. The Morgan fingerprint density at radius 3 is 2.83 bits per heavy atom. The van der Waals surface area contributed by atoms with Crippen molar-refractivity contribution in [3.05, 3.63) is 29.8 Å². The number of benzene rings is 1. The standard InChI is InChI=1S/C13H16N2O3/c1-17-10-4-2-9(3-5-10)6-15-7-11-12(8-15)18-13(16)14-11/h2-5,11-12H,6-8H2,1H3,(H,14,16)/t11-,12-/m1/s1. The summed E-state index contributed by atoms with van der Waals surface area (Å²) in [5.41, 5.74) is 1.24. The fraction of sp³-hybridized carbons (Fsp3) is 0.462. The zero-order valence-electron chi connectivity index (χ0n) is 10.3. The highest BCUT2D eigenvalue weighted by Crippen LogP contribution is 2.21. The fourth-order valence-corrected chi connectivity index (χ4v) is 2.55. The number of nitrogens with one attached hydrogen (secondary N) is 1. The first-order valence-corrected chi connectivity index (χ1v) is 6.07. The lowest BCUT2D eigenvalue weighted by atomic mass is 10.2. The third-order valence-corrected chi connectivity index (χ3v) is 3.47. The van der Waals surface area contributed by atoms with E-state index in [0.29, 0.717) is 0 Å². The molecule has 1 N–H and O–H groups in total. The monoisotopic (exact) mass is 248 g/mol. The SMILES string of the molecule is COc1ccc(CN2C[C@H]3NC(=O)O[C@@H]3C2)cc1. The molecule has 18 heavy (non-hydrogen) atoms. The molecule has 5 heteroatoms. The van der Waals surface area contributed by atoms with Crippen molar-refractivity contribution in [3.8, 4) is 5.75 Å². The van der Waals surface area contributed by atoms with Gasteiger partial charge in [0.1, 0.15) is 11.9 Å². The number of carbonyl (C=O) groups is 1. The minimum absolute atomic E-state index is 0.00995. The number of methoxy groups -OCH3 is 1. The minimum Gasteiger partial charge on any atom is -0.497 e. The molecule has 3 rings (SSSR count). The van der Waals surface area contributed by atoms with E-state index in [2.05, 4.69) is 22.3 Å². The van der Waals surface area contributed by atoms with Crippen molar-refractivity contribution in [2.45, 2.75) is 18.7 Å². The number of likely N-dealkylation sites (tertiary alicyclic amines) is 1. The van der Waals surface area contributed by atoms with E-state index in [9.17, 15) is 4.79 Å². The molecule has 2 aliphatic heterocycles. The van der Waals surface area contributed by atoms with Gasteiger partial charge in [0, 0.05) is 19.6 Å². The van der Waals surface area contributed by atoms with Gasteiger partial charge in [-0.2, -0.15) is 0 Å². The van der Waals surface area contributed by atoms with E-state index in [4.69, 9.17) is 9.47 Å². The second-order valence-corrected chi connectivity index (χ2v) is 4.74. The molecular formula is C13H16N2O3. The Bertz CT molecular complexity index is 430. The number of hydrogen-bond donors (Lipinski definition) is 1. The quantitative estimate of drug-likeness (QED) is 0.866. The van der Waals surface area contributed by atoms with Crippen LogP contribution < -0.4 is 10.1 Å². The highest BCUT2D eigenvalue weighted by atomic mass is 16.6. The smallest absolute Gasteiger partial charge is 0.407 e. The van der Waals surface area contributed by atoms with E-state index in [1.807, 2.05) is 12.1 Å². The summed E-state index contributed by atoms with van der Waals surface area (Å²) < 4.78 is 10.3. The van der Waals surface area contributed by atoms with E-state index in [1.165, 1.54) is 5.56 Å². The Kier molecular flexibility index (Phi) is 2.83. The number of carbonyl (C=O) groups excluding carboxylic acids is 1. The zero-order valence-corrected chi connectivity index (χ0v) is 10.3. The van der Waals surface area contributed by atoms with Crippen LogP contribution in [0.25, 0.3) is 0 Å². The molecule has 1 amide bonds. The van der Waals surface area contributed by atoms with Crippen LogP contribution in [-0.4, -0.2) is 43.3 Å². The van der Waals surface area contributed by atoms with Crippen LogP contribution >= 0.6 is 0 Å². The highest BCUT2D eigenvalue weighted by Gasteiger charge is 2.41. The summed E-state index contributed by atoms with van der Waals surface area (Å²) in [5, 5.41) is 2.83. The van der Waals surface area contributed by atoms with Gasteiger partial charge in [-0.25, -0.2) is 4.79 Å². The van der Waals surface area contributed by atoms with Gasteiger partial charge in [-0.3, -0.25) is 4.90 Å². The van der Waals surface area contributed by atoms with E-state index < -0.39 is 0 Å². The summed E-state index contributed by atoms with van der Waals surface area (Å²) in [7, 11) is 1.66. The number of hydrogen-bond acceptors (Lipinski definition) is 4. The average molecular weight is 248 g/mol. The van der Waals surface area contributed by atoms with Gasteiger partial charge in [-0.1, -0.05) is 12.1 Å². The van der Waals surface area contributed by atoms with Gasteiger partial charge >= 0.3 is 6.09 Å². The van der Waals surface area contributed by atoms with Gasteiger partial charge in [-0.15, -0.1) is 0 Å².